The monoisotopic (exact) mass is 448 g/mol. The number of rotatable bonds is 7. The molecular formula is C26H32N4O3. The van der Waals surface area contributed by atoms with Gasteiger partial charge in [0.15, 0.2) is 6.61 Å². The number of fused-ring (bicyclic) bond motifs is 1. The van der Waals surface area contributed by atoms with E-state index in [-0.39, 0.29) is 18.6 Å². The van der Waals surface area contributed by atoms with Gasteiger partial charge in [-0.2, -0.15) is 0 Å². The summed E-state index contributed by atoms with van der Waals surface area (Å²) in [7, 11) is 2.15. The van der Waals surface area contributed by atoms with Crippen molar-refractivity contribution >= 4 is 28.3 Å². The molecule has 0 bridgehead atoms. The summed E-state index contributed by atoms with van der Waals surface area (Å²) in [6.45, 7) is 10.0. The van der Waals surface area contributed by atoms with Crippen molar-refractivity contribution in [3.05, 3.63) is 54.1 Å². The quantitative estimate of drug-likeness (QED) is 0.587. The number of benzene rings is 2. The zero-order valence-electron chi connectivity index (χ0n) is 19.8. The largest absolute Gasteiger partial charge is 0.491 e. The Hall–Kier alpha value is -3.32. The minimum absolute atomic E-state index is 0.0675. The van der Waals surface area contributed by atoms with Crippen LogP contribution in [0, 0.1) is 6.92 Å². The number of ether oxygens (including phenoxy) is 2. The minimum Gasteiger partial charge on any atom is -0.491 e. The van der Waals surface area contributed by atoms with E-state index in [0.29, 0.717) is 5.75 Å². The molecule has 7 heteroatoms. The molecule has 33 heavy (non-hydrogen) atoms. The molecule has 174 valence electrons. The zero-order chi connectivity index (χ0) is 23.4. The number of nitrogens with zero attached hydrogens (tertiary/aromatic N) is 3. The van der Waals surface area contributed by atoms with Crippen molar-refractivity contribution in [2.24, 2.45) is 0 Å². The van der Waals surface area contributed by atoms with Crippen LogP contribution in [-0.2, 0) is 4.79 Å². The Morgan fingerprint density at radius 3 is 2.42 bits per heavy atom. The molecule has 4 rings (SSSR count). The third kappa shape index (κ3) is 5.93. The summed E-state index contributed by atoms with van der Waals surface area (Å²) in [6, 6.07) is 15.2. The van der Waals surface area contributed by atoms with Crippen molar-refractivity contribution < 1.29 is 14.3 Å². The molecular weight excluding hydrogens is 416 g/mol. The van der Waals surface area contributed by atoms with E-state index in [1.54, 1.807) is 12.1 Å². The zero-order valence-corrected chi connectivity index (χ0v) is 19.8. The van der Waals surface area contributed by atoms with Gasteiger partial charge in [0.25, 0.3) is 5.91 Å². The van der Waals surface area contributed by atoms with Crippen LogP contribution in [0.1, 0.15) is 19.4 Å². The number of aryl methyl sites for hydroxylation is 1. The topological polar surface area (TPSA) is 66.9 Å². The average Bonchev–Trinajstić information content (AvgIpc) is 2.79. The van der Waals surface area contributed by atoms with Crippen LogP contribution >= 0.6 is 0 Å². The van der Waals surface area contributed by atoms with E-state index in [1.807, 2.05) is 44.2 Å². The number of hydrogen-bond acceptors (Lipinski definition) is 6. The van der Waals surface area contributed by atoms with Crippen LogP contribution in [-0.4, -0.2) is 61.7 Å². The number of aromatic nitrogens is 1. The smallest absolute Gasteiger partial charge is 0.262 e. The standard InChI is InChI=1S/C26H32N4O3/c1-18(2)33-22-8-6-21(7-9-22)32-17-26(31)27-20-5-10-24-23(16-20)19(3)15-25(28-24)30-13-11-29(4)12-14-30/h5-10,15-16,18H,11-14,17H2,1-4H3,(H,27,31). The molecule has 3 aromatic rings. The SMILES string of the molecule is Cc1cc(N2CCN(C)CC2)nc2ccc(NC(=O)COc3ccc(OC(C)C)cc3)cc12. The van der Waals surface area contributed by atoms with Crippen molar-refractivity contribution in [1.82, 2.24) is 9.88 Å². The van der Waals surface area contributed by atoms with Crippen LogP contribution in [0.5, 0.6) is 11.5 Å². The van der Waals surface area contributed by atoms with E-state index >= 15 is 0 Å². The van der Waals surface area contributed by atoms with Gasteiger partial charge in [0, 0.05) is 37.3 Å². The first kappa shape index (κ1) is 22.9. The molecule has 1 fully saturated rings. The number of likely N-dealkylation sites (N-methyl/N-ethyl adjacent to an activating group) is 1. The predicted octanol–water partition coefficient (Wildman–Crippen LogP) is 4.10. The summed E-state index contributed by atoms with van der Waals surface area (Å²) in [5, 5.41) is 3.95. The molecule has 7 nitrogen and oxygen atoms in total. The molecule has 0 radical (unpaired) electrons. The van der Waals surface area contributed by atoms with E-state index < -0.39 is 0 Å². The van der Waals surface area contributed by atoms with E-state index in [0.717, 1.165) is 59.9 Å². The number of amides is 1. The second-order valence-electron chi connectivity index (χ2n) is 8.79. The van der Waals surface area contributed by atoms with E-state index in [4.69, 9.17) is 14.5 Å². The van der Waals surface area contributed by atoms with Crippen LogP contribution in [0.3, 0.4) is 0 Å². The van der Waals surface area contributed by atoms with Gasteiger partial charge >= 0.3 is 0 Å². The highest BCUT2D eigenvalue weighted by Crippen LogP contribution is 2.26. The predicted molar refractivity (Wildman–Crippen MR) is 133 cm³/mol. The highest BCUT2D eigenvalue weighted by Gasteiger charge is 2.16. The second kappa shape index (κ2) is 10.1. The fraction of sp³-hybridized carbons (Fsp3) is 0.385. The third-order valence-corrected chi connectivity index (χ3v) is 5.68. The summed E-state index contributed by atoms with van der Waals surface area (Å²) in [5.74, 6) is 2.20. The van der Waals surface area contributed by atoms with Crippen molar-refractivity contribution in [3.63, 3.8) is 0 Å². The maximum Gasteiger partial charge on any atom is 0.262 e. The molecule has 2 aromatic carbocycles. The number of carbonyl (C=O) groups excluding carboxylic acids is 1. The van der Waals surface area contributed by atoms with Gasteiger partial charge in [-0.3, -0.25) is 4.79 Å². The Bertz CT molecular complexity index is 1110. The summed E-state index contributed by atoms with van der Waals surface area (Å²) in [4.78, 5) is 22.0. The molecule has 0 saturated carbocycles. The summed E-state index contributed by atoms with van der Waals surface area (Å²) in [6.07, 6.45) is 0.113. The van der Waals surface area contributed by atoms with E-state index in [9.17, 15) is 4.79 Å². The average molecular weight is 449 g/mol. The molecule has 0 aliphatic carbocycles. The first-order chi connectivity index (χ1) is 15.9. The molecule has 0 spiro atoms. The maximum atomic E-state index is 12.4. The van der Waals surface area contributed by atoms with Gasteiger partial charge in [-0.1, -0.05) is 0 Å². The molecule has 1 aliphatic rings. The number of pyridine rings is 1. The van der Waals surface area contributed by atoms with Crippen LogP contribution in [0.25, 0.3) is 10.9 Å². The highest BCUT2D eigenvalue weighted by atomic mass is 16.5. The number of carbonyl (C=O) groups is 1. The fourth-order valence-corrected chi connectivity index (χ4v) is 3.88. The van der Waals surface area contributed by atoms with E-state index in [2.05, 4.69) is 35.2 Å². The lowest BCUT2D eigenvalue weighted by atomic mass is 10.1. The molecule has 1 aromatic heterocycles. The maximum absolute atomic E-state index is 12.4. The number of piperazine rings is 1. The van der Waals surface area contributed by atoms with Crippen molar-refractivity contribution in [3.8, 4) is 11.5 Å². The molecule has 1 N–H and O–H groups in total. The lowest BCUT2D eigenvalue weighted by molar-refractivity contribution is -0.118. The van der Waals surface area contributed by atoms with Gasteiger partial charge in [0.1, 0.15) is 17.3 Å². The first-order valence-electron chi connectivity index (χ1n) is 11.4. The van der Waals surface area contributed by atoms with Crippen LogP contribution in [0.15, 0.2) is 48.5 Å². The Morgan fingerprint density at radius 1 is 1.03 bits per heavy atom. The molecule has 1 amide bonds. The van der Waals surface area contributed by atoms with Gasteiger partial charge in [-0.25, -0.2) is 4.98 Å². The summed E-state index contributed by atoms with van der Waals surface area (Å²) < 4.78 is 11.2. The van der Waals surface area contributed by atoms with Crippen molar-refractivity contribution in [2.75, 3.05) is 50.1 Å². The Labute approximate surface area is 195 Å². The molecule has 2 heterocycles. The van der Waals surface area contributed by atoms with Gasteiger partial charge in [0.05, 0.1) is 11.6 Å². The Kier molecular flexibility index (Phi) is 6.99. The fourth-order valence-electron chi connectivity index (χ4n) is 3.88. The highest BCUT2D eigenvalue weighted by molar-refractivity contribution is 5.95. The van der Waals surface area contributed by atoms with Crippen LogP contribution < -0.4 is 19.7 Å². The molecule has 1 saturated heterocycles. The van der Waals surface area contributed by atoms with E-state index in [1.165, 1.54) is 0 Å². The number of hydrogen-bond donors (Lipinski definition) is 1. The van der Waals surface area contributed by atoms with Gasteiger partial charge in [0.2, 0.25) is 0 Å². The lowest BCUT2D eigenvalue weighted by Crippen LogP contribution is -2.44. The van der Waals surface area contributed by atoms with Gasteiger partial charge in [-0.05, 0) is 81.9 Å². The van der Waals surface area contributed by atoms with Crippen molar-refractivity contribution in [1.29, 1.82) is 0 Å². The van der Waals surface area contributed by atoms with Crippen LogP contribution in [0.2, 0.25) is 0 Å². The first-order valence-corrected chi connectivity index (χ1v) is 11.4. The normalized spacial score (nSPS) is 14.5. The Balaban J connectivity index is 1.37. The summed E-state index contributed by atoms with van der Waals surface area (Å²) >= 11 is 0. The molecule has 0 unspecified atom stereocenters. The minimum atomic E-state index is -0.212. The van der Waals surface area contributed by atoms with Gasteiger partial charge < -0.3 is 24.6 Å². The third-order valence-electron chi connectivity index (χ3n) is 5.68. The lowest BCUT2D eigenvalue weighted by Gasteiger charge is -2.33. The molecule has 0 atom stereocenters. The Morgan fingerprint density at radius 2 is 1.73 bits per heavy atom. The molecule has 1 aliphatic heterocycles. The van der Waals surface area contributed by atoms with Gasteiger partial charge in [-0.15, -0.1) is 0 Å². The second-order valence-corrected chi connectivity index (χ2v) is 8.79. The number of nitrogens with one attached hydrogen (secondary N) is 1. The van der Waals surface area contributed by atoms with Crippen molar-refractivity contribution in [2.45, 2.75) is 26.9 Å². The van der Waals surface area contributed by atoms with Crippen LogP contribution in [0.4, 0.5) is 11.5 Å². The summed E-state index contributed by atoms with van der Waals surface area (Å²) in [5.41, 5.74) is 2.81. The number of anilines is 2.